The van der Waals surface area contributed by atoms with Crippen LogP contribution in [0.15, 0.2) is 24.3 Å². The first kappa shape index (κ1) is 17.9. The van der Waals surface area contributed by atoms with Crippen molar-refractivity contribution in [2.75, 3.05) is 19.3 Å². The highest BCUT2D eigenvalue weighted by Crippen LogP contribution is 2.31. The number of hydrogen-bond acceptors (Lipinski definition) is 7. The maximum absolute atomic E-state index is 12.1. The molecule has 0 saturated carbocycles. The number of ether oxygens (including phenoxy) is 2. The summed E-state index contributed by atoms with van der Waals surface area (Å²) in [6, 6.07) is 6.75. The van der Waals surface area contributed by atoms with E-state index in [1.165, 1.54) is 19.3 Å². The number of carbonyl (C=O) groups excluding carboxylic acids is 3. The Kier molecular flexibility index (Phi) is 5.92. The molecular weight excluding hydrogens is 314 g/mol. The number of benzene rings is 1. The summed E-state index contributed by atoms with van der Waals surface area (Å²) in [6.45, 7) is 1.94. The number of aryl methyl sites for hydroxylation is 1. The van der Waals surface area contributed by atoms with Crippen LogP contribution >= 0.6 is 0 Å². The van der Waals surface area contributed by atoms with Crippen LogP contribution in [0.25, 0.3) is 0 Å². The molecule has 130 valence electrons. The summed E-state index contributed by atoms with van der Waals surface area (Å²) in [6.07, 6.45) is 0.897. The van der Waals surface area contributed by atoms with E-state index in [4.69, 9.17) is 14.3 Å². The molecule has 1 fully saturated rings. The lowest BCUT2D eigenvalue weighted by Crippen LogP contribution is -2.52. The van der Waals surface area contributed by atoms with Gasteiger partial charge in [0.2, 0.25) is 0 Å². The Morgan fingerprint density at radius 3 is 2.25 bits per heavy atom. The molecule has 1 aromatic rings. The van der Waals surface area contributed by atoms with Gasteiger partial charge < -0.3 is 14.3 Å². The van der Waals surface area contributed by atoms with Crippen molar-refractivity contribution in [3.05, 3.63) is 29.8 Å². The molecule has 0 unspecified atom stereocenters. The van der Waals surface area contributed by atoms with Crippen molar-refractivity contribution < 1.29 is 28.7 Å². The first-order valence-electron chi connectivity index (χ1n) is 7.65. The van der Waals surface area contributed by atoms with E-state index in [1.807, 2.05) is 19.1 Å². The molecule has 0 spiro atoms. The number of aldehydes is 1. The number of hydrogen-bond donors (Lipinski definition) is 0. The summed E-state index contributed by atoms with van der Waals surface area (Å²) in [5, 5.41) is 1.44. The molecule has 0 amide bonds. The van der Waals surface area contributed by atoms with E-state index in [2.05, 4.69) is 0 Å². The predicted molar refractivity (Wildman–Crippen MR) is 85.1 cm³/mol. The average Bonchev–Trinajstić information content (AvgIpc) is 2.62. The first-order valence-corrected chi connectivity index (χ1v) is 7.65. The van der Waals surface area contributed by atoms with Crippen LogP contribution < -0.4 is 5.06 Å². The van der Waals surface area contributed by atoms with Crippen molar-refractivity contribution in [3.63, 3.8) is 0 Å². The molecule has 1 aliphatic heterocycles. The van der Waals surface area contributed by atoms with Gasteiger partial charge in [0.25, 0.3) is 0 Å². The summed E-state index contributed by atoms with van der Waals surface area (Å²) >= 11 is 0. The molecule has 2 atom stereocenters. The Morgan fingerprint density at radius 2 is 1.75 bits per heavy atom. The van der Waals surface area contributed by atoms with E-state index in [0.29, 0.717) is 24.8 Å². The molecule has 7 nitrogen and oxygen atoms in total. The van der Waals surface area contributed by atoms with Gasteiger partial charge in [0.05, 0.1) is 25.9 Å². The zero-order valence-corrected chi connectivity index (χ0v) is 13.9. The number of rotatable bonds is 5. The number of methoxy groups -OCH3 is 2. The van der Waals surface area contributed by atoms with Gasteiger partial charge in [0.15, 0.2) is 12.2 Å². The summed E-state index contributed by atoms with van der Waals surface area (Å²) in [4.78, 5) is 41.0. The normalized spacial score (nSPS) is 20.6. The third-order valence-electron chi connectivity index (χ3n) is 4.03. The predicted octanol–water partition coefficient (Wildman–Crippen LogP) is 1.43. The molecule has 1 heterocycles. The van der Waals surface area contributed by atoms with Crippen LogP contribution in [0.3, 0.4) is 0 Å². The van der Waals surface area contributed by atoms with Gasteiger partial charge in [0, 0.05) is 0 Å². The maximum atomic E-state index is 12.1. The van der Waals surface area contributed by atoms with Gasteiger partial charge in [-0.1, -0.05) is 17.7 Å². The second-order valence-electron chi connectivity index (χ2n) is 5.61. The Hall–Kier alpha value is -2.41. The van der Waals surface area contributed by atoms with Crippen molar-refractivity contribution in [3.8, 4) is 0 Å². The van der Waals surface area contributed by atoms with Crippen molar-refractivity contribution in [1.82, 2.24) is 0 Å². The zero-order chi connectivity index (χ0) is 17.7. The SMILES string of the molecule is COC(=O)C(C(=O)OC)[C@H]1CC[C@H](C=O)ON1c1ccc(C)cc1. The number of esters is 2. The fourth-order valence-corrected chi connectivity index (χ4v) is 2.73. The van der Waals surface area contributed by atoms with E-state index < -0.39 is 30.0 Å². The number of hydroxylamine groups is 1. The number of anilines is 1. The molecule has 1 saturated heterocycles. The number of carbonyl (C=O) groups is 3. The van der Waals surface area contributed by atoms with Gasteiger partial charge in [-0.25, -0.2) is 5.06 Å². The molecule has 0 bridgehead atoms. The largest absolute Gasteiger partial charge is 0.468 e. The van der Waals surface area contributed by atoms with E-state index in [9.17, 15) is 14.4 Å². The fraction of sp³-hybridized carbons (Fsp3) is 0.471. The first-order chi connectivity index (χ1) is 11.5. The van der Waals surface area contributed by atoms with Crippen molar-refractivity contribution in [2.45, 2.75) is 31.9 Å². The molecule has 0 radical (unpaired) electrons. The van der Waals surface area contributed by atoms with Gasteiger partial charge in [-0.2, -0.15) is 0 Å². The maximum Gasteiger partial charge on any atom is 0.322 e. The second-order valence-corrected chi connectivity index (χ2v) is 5.61. The lowest BCUT2D eigenvalue weighted by molar-refractivity contribution is -0.163. The zero-order valence-electron chi connectivity index (χ0n) is 13.9. The van der Waals surface area contributed by atoms with Gasteiger partial charge in [-0.15, -0.1) is 0 Å². The smallest absolute Gasteiger partial charge is 0.322 e. The van der Waals surface area contributed by atoms with Crippen LogP contribution in [0.5, 0.6) is 0 Å². The van der Waals surface area contributed by atoms with Gasteiger partial charge in [-0.3, -0.25) is 14.4 Å². The van der Waals surface area contributed by atoms with Crippen molar-refractivity contribution >= 4 is 23.9 Å². The van der Waals surface area contributed by atoms with Crippen LogP contribution in [0.1, 0.15) is 18.4 Å². The molecular formula is C17H21NO6. The Balaban J connectivity index is 2.39. The van der Waals surface area contributed by atoms with E-state index >= 15 is 0 Å². The fourth-order valence-electron chi connectivity index (χ4n) is 2.73. The molecule has 0 N–H and O–H groups in total. The second kappa shape index (κ2) is 7.92. The van der Waals surface area contributed by atoms with E-state index in [1.54, 1.807) is 12.1 Å². The van der Waals surface area contributed by atoms with Crippen LogP contribution in [-0.2, 0) is 28.7 Å². The summed E-state index contributed by atoms with van der Waals surface area (Å²) < 4.78 is 9.51. The summed E-state index contributed by atoms with van der Waals surface area (Å²) in [5.74, 6) is -2.55. The Labute approximate surface area is 140 Å². The quantitative estimate of drug-likeness (QED) is 0.457. The van der Waals surface area contributed by atoms with Gasteiger partial charge in [0.1, 0.15) is 6.10 Å². The third kappa shape index (κ3) is 3.73. The Bertz CT molecular complexity index is 584. The highest BCUT2D eigenvalue weighted by molar-refractivity contribution is 5.96. The lowest BCUT2D eigenvalue weighted by atomic mass is 9.92. The summed E-state index contributed by atoms with van der Waals surface area (Å²) in [7, 11) is 2.43. The summed E-state index contributed by atoms with van der Waals surface area (Å²) in [5.41, 5.74) is 1.70. The standard InChI is InChI=1S/C17H21NO6/c1-11-4-6-12(7-5-11)18-14(9-8-13(10-19)24-18)15(16(20)22-2)17(21)23-3/h4-7,10,13-15H,8-9H2,1-3H3/t13-,14-/m1/s1. The molecule has 1 aliphatic rings. The minimum Gasteiger partial charge on any atom is -0.468 e. The van der Waals surface area contributed by atoms with Crippen molar-refractivity contribution in [2.24, 2.45) is 5.92 Å². The van der Waals surface area contributed by atoms with Crippen LogP contribution in [0.2, 0.25) is 0 Å². The molecule has 0 aliphatic carbocycles. The molecule has 2 rings (SSSR count). The number of nitrogens with zero attached hydrogens (tertiary/aromatic N) is 1. The van der Waals surface area contributed by atoms with Gasteiger partial charge >= 0.3 is 11.9 Å². The molecule has 7 heteroatoms. The minimum atomic E-state index is -1.16. The lowest BCUT2D eigenvalue weighted by Gasteiger charge is -2.40. The Morgan fingerprint density at radius 1 is 1.17 bits per heavy atom. The third-order valence-corrected chi connectivity index (χ3v) is 4.03. The van der Waals surface area contributed by atoms with Crippen LogP contribution in [0.4, 0.5) is 5.69 Å². The minimum absolute atomic E-state index is 0.404. The van der Waals surface area contributed by atoms with Gasteiger partial charge in [-0.05, 0) is 31.9 Å². The molecule has 1 aromatic carbocycles. The van der Waals surface area contributed by atoms with E-state index in [0.717, 1.165) is 5.56 Å². The van der Waals surface area contributed by atoms with Crippen molar-refractivity contribution in [1.29, 1.82) is 0 Å². The van der Waals surface area contributed by atoms with Crippen LogP contribution in [0, 0.1) is 12.8 Å². The average molecular weight is 335 g/mol. The monoisotopic (exact) mass is 335 g/mol. The highest BCUT2D eigenvalue weighted by atomic mass is 16.7. The molecule has 0 aromatic heterocycles. The topological polar surface area (TPSA) is 82.1 Å². The highest BCUT2D eigenvalue weighted by Gasteiger charge is 2.44. The van der Waals surface area contributed by atoms with Crippen LogP contribution in [-0.4, -0.2) is 44.6 Å². The van der Waals surface area contributed by atoms with E-state index in [-0.39, 0.29) is 0 Å². The molecule has 24 heavy (non-hydrogen) atoms.